The van der Waals surface area contributed by atoms with Gasteiger partial charge in [0.05, 0.1) is 17.9 Å². The Morgan fingerprint density at radius 1 is 1.41 bits per heavy atom. The zero-order valence-electron chi connectivity index (χ0n) is 13.5. The van der Waals surface area contributed by atoms with Gasteiger partial charge in [-0.3, -0.25) is 4.79 Å². The number of nitrogens with zero attached hydrogens (tertiary/aromatic N) is 2. The number of carbonyl (C=O) groups excluding carboxylic acids is 1. The number of aromatic nitrogens is 2. The third-order valence-electron chi connectivity index (χ3n) is 3.74. The molecule has 2 heterocycles. The highest BCUT2D eigenvalue weighted by Crippen LogP contribution is 2.34. The van der Waals surface area contributed by atoms with Crippen molar-refractivity contribution in [2.45, 2.75) is 44.9 Å². The van der Waals surface area contributed by atoms with Gasteiger partial charge >= 0.3 is 0 Å². The number of nitrogens with one attached hydrogen (secondary N) is 1. The van der Waals surface area contributed by atoms with E-state index in [0.717, 1.165) is 15.2 Å². The van der Waals surface area contributed by atoms with E-state index >= 15 is 0 Å². The van der Waals surface area contributed by atoms with Crippen molar-refractivity contribution in [1.29, 1.82) is 0 Å². The van der Waals surface area contributed by atoms with Crippen LogP contribution in [0.5, 0.6) is 0 Å². The van der Waals surface area contributed by atoms with Crippen LogP contribution in [0.25, 0.3) is 10.2 Å². The first-order valence-corrected chi connectivity index (χ1v) is 8.90. The second-order valence-electron chi connectivity index (χ2n) is 5.23. The van der Waals surface area contributed by atoms with Crippen LogP contribution in [0, 0.1) is 13.8 Å². The van der Waals surface area contributed by atoms with Crippen molar-refractivity contribution < 1.29 is 9.53 Å². The molecule has 22 heavy (non-hydrogen) atoms. The van der Waals surface area contributed by atoms with Gasteiger partial charge < -0.3 is 10.1 Å². The van der Waals surface area contributed by atoms with Gasteiger partial charge in [-0.1, -0.05) is 11.8 Å². The SMILES string of the molecule is COC(C)[C@H](C)NC(=O)CSc1ncnc2sc(C)c(C)c12. The summed E-state index contributed by atoms with van der Waals surface area (Å²) in [4.78, 5) is 22.9. The zero-order valence-corrected chi connectivity index (χ0v) is 15.1. The lowest BCUT2D eigenvalue weighted by Gasteiger charge is -2.19. The molecule has 0 radical (unpaired) electrons. The van der Waals surface area contributed by atoms with Crippen molar-refractivity contribution in [2.24, 2.45) is 0 Å². The van der Waals surface area contributed by atoms with Gasteiger partial charge in [0.2, 0.25) is 5.91 Å². The third-order valence-corrected chi connectivity index (χ3v) is 5.84. The van der Waals surface area contributed by atoms with E-state index in [9.17, 15) is 4.79 Å². The summed E-state index contributed by atoms with van der Waals surface area (Å²) in [7, 11) is 1.64. The largest absolute Gasteiger partial charge is 0.380 e. The Hall–Kier alpha value is -1.18. The second-order valence-corrected chi connectivity index (χ2v) is 7.40. The fourth-order valence-corrected chi connectivity index (χ4v) is 3.94. The summed E-state index contributed by atoms with van der Waals surface area (Å²) >= 11 is 3.11. The predicted molar refractivity (Wildman–Crippen MR) is 91.7 cm³/mol. The fourth-order valence-electron chi connectivity index (χ4n) is 2.01. The summed E-state index contributed by atoms with van der Waals surface area (Å²) in [6.45, 7) is 8.02. The highest BCUT2D eigenvalue weighted by atomic mass is 32.2. The number of hydrogen-bond donors (Lipinski definition) is 1. The first-order chi connectivity index (χ1) is 10.4. The number of thiophene rings is 1. The van der Waals surface area contributed by atoms with Crippen molar-refractivity contribution >= 4 is 39.2 Å². The molecule has 0 spiro atoms. The van der Waals surface area contributed by atoms with Crippen LogP contribution in [0.15, 0.2) is 11.4 Å². The molecule has 7 heteroatoms. The number of hydrogen-bond acceptors (Lipinski definition) is 6. The molecule has 0 aliphatic heterocycles. The lowest BCUT2D eigenvalue weighted by atomic mass is 10.2. The van der Waals surface area contributed by atoms with Crippen LogP contribution in [0.4, 0.5) is 0 Å². The van der Waals surface area contributed by atoms with Gasteiger partial charge in [-0.05, 0) is 33.3 Å². The van der Waals surface area contributed by atoms with Gasteiger partial charge in [0.15, 0.2) is 0 Å². The van der Waals surface area contributed by atoms with E-state index in [-0.39, 0.29) is 18.1 Å². The van der Waals surface area contributed by atoms with E-state index in [1.807, 2.05) is 13.8 Å². The van der Waals surface area contributed by atoms with Gasteiger partial charge in [0.25, 0.3) is 0 Å². The number of aryl methyl sites for hydroxylation is 2. The topological polar surface area (TPSA) is 64.1 Å². The fraction of sp³-hybridized carbons (Fsp3) is 0.533. The lowest BCUT2D eigenvalue weighted by Crippen LogP contribution is -2.41. The molecule has 1 amide bonds. The minimum atomic E-state index is -0.0198. The molecule has 2 aromatic heterocycles. The molecule has 2 rings (SSSR count). The molecular formula is C15H21N3O2S2. The minimum Gasteiger partial charge on any atom is -0.380 e. The quantitative estimate of drug-likeness (QED) is 0.647. The van der Waals surface area contributed by atoms with Gasteiger partial charge in [-0.25, -0.2) is 9.97 Å². The van der Waals surface area contributed by atoms with E-state index < -0.39 is 0 Å². The zero-order chi connectivity index (χ0) is 16.3. The molecule has 0 saturated carbocycles. The molecule has 0 aromatic carbocycles. The standard InChI is InChI=1S/C15H21N3O2S2/c1-8-11(4)22-15-13(8)14(16-7-17-15)21-6-12(19)18-9(2)10(3)20-5/h7,9-10H,6H2,1-5H3,(H,18,19)/t9-,10?/m0/s1. The normalized spacial score (nSPS) is 14.0. The van der Waals surface area contributed by atoms with E-state index in [4.69, 9.17) is 4.74 Å². The van der Waals surface area contributed by atoms with Crippen LogP contribution in [0.2, 0.25) is 0 Å². The summed E-state index contributed by atoms with van der Waals surface area (Å²) in [5, 5.41) is 4.88. The molecule has 5 nitrogen and oxygen atoms in total. The maximum Gasteiger partial charge on any atom is 0.230 e. The number of amides is 1. The Bertz CT molecular complexity index is 672. The van der Waals surface area contributed by atoms with E-state index in [2.05, 4.69) is 29.1 Å². The van der Waals surface area contributed by atoms with Gasteiger partial charge in [-0.15, -0.1) is 11.3 Å². The molecule has 1 unspecified atom stereocenters. The van der Waals surface area contributed by atoms with Crippen molar-refractivity contribution in [3.05, 3.63) is 16.8 Å². The summed E-state index contributed by atoms with van der Waals surface area (Å²) in [6, 6.07) is -0.0198. The Morgan fingerprint density at radius 2 is 2.14 bits per heavy atom. The van der Waals surface area contributed by atoms with Crippen molar-refractivity contribution in [1.82, 2.24) is 15.3 Å². The molecule has 0 fully saturated rings. The van der Waals surface area contributed by atoms with Crippen molar-refractivity contribution in [3.63, 3.8) is 0 Å². The highest BCUT2D eigenvalue weighted by Gasteiger charge is 2.16. The smallest absolute Gasteiger partial charge is 0.230 e. The summed E-state index contributed by atoms with van der Waals surface area (Å²) in [5.74, 6) is 0.319. The summed E-state index contributed by atoms with van der Waals surface area (Å²) in [6.07, 6.45) is 1.55. The number of carbonyl (C=O) groups is 1. The maximum atomic E-state index is 12.0. The van der Waals surface area contributed by atoms with Gasteiger partial charge in [-0.2, -0.15) is 0 Å². The Kier molecular flexibility index (Phi) is 5.77. The second kappa shape index (κ2) is 7.39. The van der Waals surface area contributed by atoms with Crippen LogP contribution in [-0.4, -0.2) is 40.9 Å². The lowest BCUT2D eigenvalue weighted by molar-refractivity contribution is -0.120. The van der Waals surface area contributed by atoms with E-state index in [0.29, 0.717) is 5.75 Å². The molecule has 1 N–H and O–H groups in total. The first-order valence-electron chi connectivity index (χ1n) is 7.09. The van der Waals surface area contributed by atoms with Gasteiger partial charge in [0.1, 0.15) is 16.2 Å². The van der Waals surface area contributed by atoms with E-state index in [1.165, 1.54) is 22.2 Å². The summed E-state index contributed by atoms with van der Waals surface area (Å²) in [5.41, 5.74) is 1.20. The van der Waals surface area contributed by atoms with Crippen molar-refractivity contribution in [2.75, 3.05) is 12.9 Å². The number of fused-ring (bicyclic) bond motifs is 1. The van der Waals surface area contributed by atoms with Crippen molar-refractivity contribution in [3.8, 4) is 0 Å². The maximum absolute atomic E-state index is 12.0. The van der Waals surface area contributed by atoms with Crippen LogP contribution in [0.3, 0.4) is 0 Å². The Balaban J connectivity index is 2.04. The van der Waals surface area contributed by atoms with Crippen LogP contribution in [-0.2, 0) is 9.53 Å². The predicted octanol–water partition coefficient (Wildman–Crippen LogP) is 2.94. The molecule has 0 aliphatic carbocycles. The first kappa shape index (κ1) is 17.2. The monoisotopic (exact) mass is 339 g/mol. The Labute approximate surface area is 138 Å². The highest BCUT2D eigenvalue weighted by molar-refractivity contribution is 8.00. The number of rotatable bonds is 6. The summed E-state index contributed by atoms with van der Waals surface area (Å²) < 4.78 is 5.21. The van der Waals surface area contributed by atoms with Gasteiger partial charge in [0, 0.05) is 17.4 Å². The average molecular weight is 339 g/mol. The molecular weight excluding hydrogens is 318 g/mol. The minimum absolute atomic E-state index is 0.0125. The number of thioether (sulfide) groups is 1. The molecule has 2 atom stereocenters. The van der Waals surface area contributed by atoms with Crippen LogP contribution < -0.4 is 5.32 Å². The molecule has 120 valence electrons. The molecule has 2 aromatic rings. The Morgan fingerprint density at radius 3 is 2.82 bits per heavy atom. The molecule has 0 bridgehead atoms. The number of methoxy groups -OCH3 is 1. The number of ether oxygens (including phenoxy) is 1. The molecule has 0 saturated heterocycles. The molecule has 0 aliphatic rings. The third kappa shape index (κ3) is 3.77. The van der Waals surface area contributed by atoms with E-state index in [1.54, 1.807) is 24.8 Å². The van der Waals surface area contributed by atoms with Crippen LogP contribution >= 0.6 is 23.1 Å². The average Bonchev–Trinajstić information content (AvgIpc) is 2.79. The van der Waals surface area contributed by atoms with Crippen LogP contribution in [0.1, 0.15) is 24.3 Å².